The summed E-state index contributed by atoms with van der Waals surface area (Å²) >= 11 is 0. The number of hydrogen-bond acceptors (Lipinski definition) is 5. The summed E-state index contributed by atoms with van der Waals surface area (Å²) in [4.78, 5) is 17.8. The SMILES string of the molecule is Cc1c2c(cc3c1OCO3)C1=CC[C@@]3(C)[C@@H]4C[C@](C)(NC(=O)N5CCN(CCO)CC5)CC[C@]4(C)CC[C@]3(C)[C@]1(C)C=C2. The van der Waals surface area contributed by atoms with Crippen molar-refractivity contribution in [3.8, 4) is 11.5 Å². The van der Waals surface area contributed by atoms with E-state index in [0.29, 0.717) is 19.3 Å². The minimum atomic E-state index is -0.223. The number of β-amino-alcohol motifs (C(OH)–C–C–N with tert-alkyl or cyclic N) is 1. The lowest BCUT2D eigenvalue weighted by Crippen LogP contribution is -2.66. The molecule has 1 aromatic carbocycles. The average molecular weight is 590 g/mol. The summed E-state index contributed by atoms with van der Waals surface area (Å²) in [6.07, 6.45) is 14.1. The Kier molecular flexibility index (Phi) is 6.62. The number of aliphatic hydroxyl groups is 1. The van der Waals surface area contributed by atoms with E-state index >= 15 is 0 Å². The summed E-state index contributed by atoms with van der Waals surface area (Å²) in [5.74, 6) is 2.27. The minimum absolute atomic E-state index is 0.0675. The zero-order valence-electron chi connectivity index (χ0n) is 27.1. The van der Waals surface area contributed by atoms with Gasteiger partial charge in [-0.25, -0.2) is 4.79 Å². The van der Waals surface area contributed by atoms with Crippen LogP contribution < -0.4 is 14.8 Å². The van der Waals surface area contributed by atoms with Gasteiger partial charge in [0.1, 0.15) is 0 Å². The third-order valence-corrected chi connectivity index (χ3v) is 13.7. The Balaban J connectivity index is 1.18. The van der Waals surface area contributed by atoms with Crippen molar-refractivity contribution < 1.29 is 19.4 Å². The number of carbonyl (C=O) groups is 1. The summed E-state index contributed by atoms with van der Waals surface area (Å²) in [5.41, 5.74) is 5.31. The highest BCUT2D eigenvalue weighted by Gasteiger charge is 2.67. The Labute approximate surface area is 257 Å². The van der Waals surface area contributed by atoms with E-state index < -0.39 is 0 Å². The topological polar surface area (TPSA) is 74.3 Å². The molecule has 0 unspecified atom stereocenters. The normalized spacial score (nSPS) is 39.7. The maximum Gasteiger partial charge on any atom is 0.317 e. The van der Waals surface area contributed by atoms with Gasteiger partial charge < -0.3 is 24.8 Å². The molecule has 0 spiro atoms. The summed E-state index contributed by atoms with van der Waals surface area (Å²) < 4.78 is 11.7. The number of ether oxygens (including phenoxy) is 2. The molecule has 7 nitrogen and oxygen atoms in total. The van der Waals surface area contributed by atoms with Crippen LogP contribution in [0.2, 0.25) is 0 Å². The second-order valence-electron chi connectivity index (χ2n) is 15.8. The molecular weight excluding hydrogens is 538 g/mol. The molecule has 2 amide bonds. The van der Waals surface area contributed by atoms with Crippen LogP contribution in [-0.4, -0.2) is 72.6 Å². The van der Waals surface area contributed by atoms with E-state index in [-0.39, 0.29) is 39.8 Å². The zero-order chi connectivity index (χ0) is 30.4. The van der Waals surface area contributed by atoms with Gasteiger partial charge in [-0.05, 0) is 97.3 Å². The molecule has 1 saturated heterocycles. The predicted octanol–water partition coefficient (Wildman–Crippen LogP) is 6.23. The first kappa shape index (κ1) is 29.2. The van der Waals surface area contributed by atoms with Crippen LogP contribution in [0.15, 0.2) is 18.2 Å². The van der Waals surface area contributed by atoms with Crippen LogP contribution in [0, 0.1) is 34.5 Å². The van der Waals surface area contributed by atoms with Crippen molar-refractivity contribution in [2.24, 2.45) is 27.6 Å². The Hall–Kier alpha value is -2.51. The van der Waals surface area contributed by atoms with Gasteiger partial charge in [-0.1, -0.05) is 45.9 Å². The van der Waals surface area contributed by atoms with Crippen LogP contribution in [0.25, 0.3) is 11.6 Å². The number of amides is 2. The fourth-order valence-corrected chi connectivity index (χ4v) is 10.4. The van der Waals surface area contributed by atoms with Gasteiger partial charge in [-0.15, -0.1) is 0 Å². The van der Waals surface area contributed by atoms with Crippen molar-refractivity contribution in [3.63, 3.8) is 0 Å². The number of nitrogens with one attached hydrogen (secondary N) is 1. The number of aliphatic hydroxyl groups excluding tert-OH is 1. The average Bonchev–Trinajstić information content (AvgIpc) is 3.45. The number of benzene rings is 1. The quantitative estimate of drug-likeness (QED) is 0.437. The Morgan fingerprint density at radius 3 is 2.53 bits per heavy atom. The van der Waals surface area contributed by atoms with E-state index in [0.717, 1.165) is 63.4 Å². The maximum atomic E-state index is 13.6. The lowest BCUT2D eigenvalue weighted by Gasteiger charge is -2.71. The van der Waals surface area contributed by atoms with E-state index in [9.17, 15) is 9.90 Å². The fraction of sp³-hybridized carbons (Fsp3) is 0.694. The van der Waals surface area contributed by atoms with Gasteiger partial charge in [0.15, 0.2) is 11.5 Å². The second kappa shape index (κ2) is 9.74. The van der Waals surface area contributed by atoms with Crippen LogP contribution in [0.3, 0.4) is 0 Å². The largest absolute Gasteiger partial charge is 0.454 e. The Morgan fingerprint density at radius 2 is 1.79 bits per heavy atom. The van der Waals surface area contributed by atoms with Gasteiger partial charge in [0.05, 0.1) is 6.61 Å². The Bertz CT molecular complexity index is 1400. The maximum absolute atomic E-state index is 13.6. The highest BCUT2D eigenvalue weighted by Crippen LogP contribution is 2.75. The second-order valence-corrected chi connectivity index (χ2v) is 15.8. The standard InChI is InChI=1S/C36H51N3O4/c1-24-25-7-9-34(4)27(26(25)21-28-30(24)43-23-42-28)8-10-35(5)29-22-33(3,13-11-32(29,2)12-14-36(34,35)6)37-31(41)39-17-15-38(16-18-39)19-20-40/h7-9,21,29,40H,10-20,22-23H2,1-6H3,(H,37,41)/t29-,32-,33-,34-,35+,36-/m1/s1. The van der Waals surface area contributed by atoms with Crippen molar-refractivity contribution >= 4 is 17.7 Å². The van der Waals surface area contributed by atoms with Gasteiger partial charge in [-0.2, -0.15) is 0 Å². The summed E-state index contributed by atoms with van der Waals surface area (Å²) in [6, 6.07) is 2.31. The van der Waals surface area contributed by atoms with E-state index in [2.05, 4.69) is 76.1 Å². The number of piperazine rings is 1. The molecular formula is C36H51N3O4. The molecule has 2 heterocycles. The molecule has 43 heavy (non-hydrogen) atoms. The summed E-state index contributed by atoms with van der Waals surface area (Å²) in [6.45, 7) is 18.9. The predicted molar refractivity (Wildman–Crippen MR) is 170 cm³/mol. The molecule has 2 N–H and O–H groups in total. The molecule has 6 atom stereocenters. The van der Waals surface area contributed by atoms with Crippen LogP contribution in [-0.2, 0) is 0 Å². The number of allylic oxidation sites excluding steroid dienone is 3. The molecule has 4 aliphatic carbocycles. The molecule has 0 radical (unpaired) electrons. The van der Waals surface area contributed by atoms with Crippen molar-refractivity contribution in [2.45, 2.75) is 85.6 Å². The van der Waals surface area contributed by atoms with E-state index in [4.69, 9.17) is 9.47 Å². The van der Waals surface area contributed by atoms with Crippen molar-refractivity contribution in [3.05, 3.63) is 34.9 Å². The van der Waals surface area contributed by atoms with Gasteiger partial charge in [0, 0.05) is 49.2 Å². The van der Waals surface area contributed by atoms with E-state index in [1.807, 2.05) is 4.90 Å². The molecule has 3 fully saturated rings. The third-order valence-electron chi connectivity index (χ3n) is 13.7. The van der Waals surface area contributed by atoms with Crippen molar-refractivity contribution in [2.75, 3.05) is 46.1 Å². The number of rotatable bonds is 3. The first-order valence-corrected chi connectivity index (χ1v) is 16.6. The molecule has 1 aromatic rings. The molecule has 2 saturated carbocycles. The highest BCUT2D eigenvalue weighted by atomic mass is 16.7. The molecule has 2 aliphatic heterocycles. The number of carbonyl (C=O) groups excluding carboxylic acids is 1. The number of nitrogens with zero attached hydrogens (tertiary/aromatic N) is 2. The number of urea groups is 1. The number of fused-ring (bicyclic) bond motifs is 8. The number of hydrogen-bond donors (Lipinski definition) is 2. The molecule has 0 bridgehead atoms. The summed E-state index contributed by atoms with van der Waals surface area (Å²) in [5, 5.41) is 12.9. The van der Waals surface area contributed by atoms with Gasteiger partial charge in [0.25, 0.3) is 0 Å². The third kappa shape index (κ3) is 4.09. The van der Waals surface area contributed by atoms with Crippen LogP contribution >= 0.6 is 0 Å². The Morgan fingerprint density at radius 1 is 1.05 bits per heavy atom. The first-order chi connectivity index (χ1) is 20.4. The first-order valence-electron chi connectivity index (χ1n) is 16.6. The van der Waals surface area contributed by atoms with Gasteiger partial charge in [-0.3, -0.25) is 4.90 Å². The molecule has 0 aromatic heterocycles. The minimum Gasteiger partial charge on any atom is -0.454 e. The van der Waals surface area contributed by atoms with Gasteiger partial charge in [0.2, 0.25) is 6.79 Å². The van der Waals surface area contributed by atoms with E-state index in [1.54, 1.807) is 0 Å². The smallest absolute Gasteiger partial charge is 0.317 e. The van der Waals surface area contributed by atoms with Crippen LogP contribution in [0.1, 0.15) is 89.8 Å². The highest BCUT2D eigenvalue weighted by molar-refractivity contribution is 5.88. The fourth-order valence-electron chi connectivity index (χ4n) is 10.4. The molecule has 7 rings (SSSR count). The van der Waals surface area contributed by atoms with Crippen LogP contribution in [0.5, 0.6) is 11.5 Å². The van der Waals surface area contributed by atoms with Crippen LogP contribution in [0.4, 0.5) is 4.79 Å². The lowest BCUT2D eigenvalue weighted by atomic mass is 9.34. The summed E-state index contributed by atoms with van der Waals surface area (Å²) in [7, 11) is 0. The lowest BCUT2D eigenvalue weighted by molar-refractivity contribution is -0.171. The van der Waals surface area contributed by atoms with Gasteiger partial charge >= 0.3 is 6.03 Å². The van der Waals surface area contributed by atoms with Crippen molar-refractivity contribution in [1.82, 2.24) is 15.1 Å². The molecule has 7 heteroatoms. The molecule has 234 valence electrons. The molecule has 6 aliphatic rings. The van der Waals surface area contributed by atoms with E-state index in [1.165, 1.54) is 35.1 Å². The van der Waals surface area contributed by atoms with Crippen molar-refractivity contribution in [1.29, 1.82) is 0 Å². The monoisotopic (exact) mass is 589 g/mol. The zero-order valence-corrected chi connectivity index (χ0v) is 27.1.